The molecule has 0 spiro atoms. The van der Waals surface area contributed by atoms with E-state index in [-0.39, 0.29) is 24.9 Å². The fourth-order valence-corrected chi connectivity index (χ4v) is 8.44. The Balaban J connectivity index is 4.54. The molecule has 0 aromatic rings. The highest BCUT2D eigenvalue weighted by molar-refractivity contribution is 5.77. The van der Waals surface area contributed by atoms with E-state index in [1.165, 1.54) is 148 Å². The van der Waals surface area contributed by atoms with Crippen molar-refractivity contribution < 1.29 is 24.5 Å². The van der Waals surface area contributed by atoms with Crippen LogP contribution in [0.15, 0.2) is 48.6 Å². The van der Waals surface area contributed by atoms with Crippen LogP contribution in [0.3, 0.4) is 0 Å². The van der Waals surface area contributed by atoms with Crippen molar-refractivity contribution in [2.24, 2.45) is 0 Å². The molecule has 0 bridgehead atoms. The number of amides is 1. The zero-order valence-electron chi connectivity index (χ0n) is 42.7. The van der Waals surface area contributed by atoms with Gasteiger partial charge in [-0.15, -0.1) is 0 Å². The zero-order valence-corrected chi connectivity index (χ0v) is 42.7. The van der Waals surface area contributed by atoms with Crippen LogP contribution in [0, 0.1) is 0 Å². The highest BCUT2D eigenvalue weighted by atomic mass is 16.5. The molecule has 0 heterocycles. The topological polar surface area (TPSA) is 95.9 Å². The molecule has 0 aliphatic heterocycles. The summed E-state index contributed by atoms with van der Waals surface area (Å²) < 4.78 is 5.94. The van der Waals surface area contributed by atoms with Crippen molar-refractivity contribution >= 4 is 11.9 Å². The van der Waals surface area contributed by atoms with Crippen LogP contribution in [0.5, 0.6) is 0 Å². The molecule has 0 aliphatic carbocycles. The van der Waals surface area contributed by atoms with Gasteiger partial charge in [0, 0.05) is 6.42 Å². The highest BCUT2D eigenvalue weighted by Gasteiger charge is 2.24. The summed E-state index contributed by atoms with van der Waals surface area (Å²) in [4.78, 5) is 26.2. The fraction of sp³-hybridized carbons (Fsp3) is 0.828. The summed E-state index contributed by atoms with van der Waals surface area (Å²) in [7, 11) is 0. The normalized spacial score (nSPS) is 13.5. The van der Waals surface area contributed by atoms with E-state index in [2.05, 4.69) is 74.7 Å². The summed E-state index contributed by atoms with van der Waals surface area (Å²) in [5.74, 6) is -0.488. The number of hydrogen-bond acceptors (Lipinski definition) is 5. The summed E-state index contributed by atoms with van der Waals surface area (Å²) in [6.45, 7) is 6.38. The van der Waals surface area contributed by atoms with Crippen LogP contribution in [-0.2, 0) is 14.3 Å². The summed E-state index contributed by atoms with van der Waals surface area (Å²) in [5, 5.41) is 23.9. The van der Waals surface area contributed by atoms with E-state index in [1.54, 1.807) is 0 Å². The molecule has 0 saturated heterocycles. The molecule has 0 fully saturated rings. The second-order valence-electron chi connectivity index (χ2n) is 19.0. The van der Waals surface area contributed by atoms with Crippen molar-refractivity contribution in [2.45, 2.75) is 302 Å². The Bertz CT molecular complexity index is 1100. The largest absolute Gasteiger partial charge is 0.462 e. The van der Waals surface area contributed by atoms with E-state index in [1.807, 2.05) is 0 Å². The summed E-state index contributed by atoms with van der Waals surface area (Å²) in [6.07, 6.45) is 63.1. The average molecular weight is 898 g/mol. The maximum absolute atomic E-state index is 13.2. The molecule has 0 aliphatic rings. The van der Waals surface area contributed by atoms with Crippen LogP contribution in [0.4, 0.5) is 0 Å². The van der Waals surface area contributed by atoms with Gasteiger partial charge in [-0.2, -0.15) is 0 Å². The van der Waals surface area contributed by atoms with Crippen molar-refractivity contribution in [3.8, 4) is 0 Å². The van der Waals surface area contributed by atoms with Gasteiger partial charge in [0.15, 0.2) is 0 Å². The van der Waals surface area contributed by atoms with Crippen molar-refractivity contribution in [1.82, 2.24) is 5.32 Å². The van der Waals surface area contributed by atoms with E-state index in [9.17, 15) is 19.8 Å². The number of carbonyl (C=O) groups is 2. The number of esters is 1. The molecule has 64 heavy (non-hydrogen) atoms. The van der Waals surface area contributed by atoms with Crippen LogP contribution in [0.2, 0.25) is 0 Å². The van der Waals surface area contributed by atoms with Gasteiger partial charge in [-0.05, 0) is 83.5 Å². The SMILES string of the molecule is CC/C=C/C/C=C/C/C=C/CCCCCCCCC(=O)OC(CCCCCCC/C=C\CCCCCC)CC(=O)NC(CO)C(O)CCCCCCCCCCCCCCCCCC. The van der Waals surface area contributed by atoms with Gasteiger partial charge in [-0.1, -0.05) is 236 Å². The van der Waals surface area contributed by atoms with E-state index >= 15 is 0 Å². The third-order valence-corrected chi connectivity index (χ3v) is 12.6. The first-order valence-electron chi connectivity index (χ1n) is 27.9. The number of allylic oxidation sites excluding steroid dienone is 8. The molecule has 0 rings (SSSR count). The first kappa shape index (κ1) is 61.8. The Kier molecular flexibility index (Phi) is 50.0. The van der Waals surface area contributed by atoms with Crippen LogP contribution >= 0.6 is 0 Å². The zero-order chi connectivity index (χ0) is 46.7. The van der Waals surface area contributed by atoms with Gasteiger partial charge in [0.1, 0.15) is 6.10 Å². The Labute approximate surface area is 397 Å². The van der Waals surface area contributed by atoms with Gasteiger partial charge >= 0.3 is 5.97 Å². The minimum Gasteiger partial charge on any atom is -0.462 e. The molecule has 0 aromatic heterocycles. The van der Waals surface area contributed by atoms with Crippen molar-refractivity contribution in [1.29, 1.82) is 0 Å². The highest BCUT2D eigenvalue weighted by Crippen LogP contribution is 2.18. The number of nitrogens with one attached hydrogen (secondary N) is 1. The second kappa shape index (κ2) is 51.8. The minimum absolute atomic E-state index is 0.0676. The van der Waals surface area contributed by atoms with Crippen LogP contribution < -0.4 is 5.32 Å². The Morgan fingerprint density at radius 2 is 0.844 bits per heavy atom. The Morgan fingerprint density at radius 3 is 1.31 bits per heavy atom. The van der Waals surface area contributed by atoms with Crippen LogP contribution in [-0.4, -0.2) is 46.9 Å². The average Bonchev–Trinajstić information content (AvgIpc) is 3.29. The Morgan fingerprint density at radius 1 is 0.469 bits per heavy atom. The Hall–Kier alpha value is -2.18. The van der Waals surface area contributed by atoms with Crippen LogP contribution in [0.1, 0.15) is 284 Å². The maximum Gasteiger partial charge on any atom is 0.306 e. The smallest absolute Gasteiger partial charge is 0.306 e. The lowest BCUT2D eigenvalue weighted by atomic mass is 10.0. The fourth-order valence-electron chi connectivity index (χ4n) is 8.44. The third kappa shape index (κ3) is 46.4. The quantitative estimate of drug-likeness (QED) is 0.0321. The van der Waals surface area contributed by atoms with Gasteiger partial charge in [0.05, 0.1) is 25.2 Å². The van der Waals surface area contributed by atoms with Crippen molar-refractivity contribution in [3.05, 3.63) is 48.6 Å². The van der Waals surface area contributed by atoms with E-state index < -0.39 is 18.2 Å². The minimum atomic E-state index is -0.792. The van der Waals surface area contributed by atoms with Gasteiger partial charge in [0.2, 0.25) is 5.91 Å². The standard InChI is InChI=1S/C58H107NO5/c1-4-7-10-13-16-19-22-25-27-29-32-35-38-41-44-47-50-56(61)55(53-60)59-57(62)52-54(49-46-43-40-37-34-31-24-21-18-15-12-9-6-3)64-58(63)51-48-45-42-39-36-33-30-28-26-23-20-17-14-11-8-5-2/h8,11,17,20-21,24,26,28,54-56,60-61H,4-7,9-10,12-16,18-19,22-23,25,27,29-53H2,1-3H3,(H,59,62)/b11-8+,20-17+,24-21-,28-26+. The van der Waals surface area contributed by atoms with E-state index in [0.29, 0.717) is 19.3 Å². The molecule has 3 atom stereocenters. The number of rotatable bonds is 50. The number of hydrogen-bond donors (Lipinski definition) is 3. The molecular weight excluding hydrogens is 791 g/mol. The number of carbonyl (C=O) groups excluding carboxylic acids is 2. The molecule has 0 saturated carbocycles. The molecule has 374 valence electrons. The molecule has 0 radical (unpaired) electrons. The molecule has 0 aromatic carbocycles. The van der Waals surface area contributed by atoms with Gasteiger partial charge < -0.3 is 20.3 Å². The number of unbranched alkanes of at least 4 members (excludes halogenated alkanes) is 30. The molecule has 6 heteroatoms. The van der Waals surface area contributed by atoms with Gasteiger partial charge in [-0.3, -0.25) is 9.59 Å². The summed E-state index contributed by atoms with van der Waals surface area (Å²) in [5.41, 5.74) is 0. The van der Waals surface area contributed by atoms with Gasteiger partial charge in [-0.25, -0.2) is 0 Å². The molecule has 1 amide bonds. The van der Waals surface area contributed by atoms with Gasteiger partial charge in [0.25, 0.3) is 0 Å². The predicted molar refractivity (Wildman–Crippen MR) is 278 cm³/mol. The predicted octanol–water partition coefficient (Wildman–Crippen LogP) is 17.0. The lowest BCUT2D eigenvalue weighted by molar-refractivity contribution is -0.151. The maximum atomic E-state index is 13.2. The summed E-state index contributed by atoms with van der Waals surface area (Å²) in [6, 6.07) is -0.707. The van der Waals surface area contributed by atoms with Crippen molar-refractivity contribution in [2.75, 3.05) is 6.61 Å². The first-order valence-corrected chi connectivity index (χ1v) is 27.9. The number of aliphatic hydroxyl groups excluding tert-OH is 2. The monoisotopic (exact) mass is 898 g/mol. The molecule has 3 unspecified atom stereocenters. The van der Waals surface area contributed by atoms with Crippen LogP contribution in [0.25, 0.3) is 0 Å². The molecular formula is C58H107NO5. The number of ether oxygens (including phenoxy) is 1. The first-order chi connectivity index (χ1) is 31.5. The third-order valence-electron chi connectivity index (χ3n) is 12.6. The van der Waals surface area contributed by atoms with E-state index in [4.69, 9.17) is 4.74 Å². The molecule has 3 N–H and O–H groups in total. The molecule has 6 nitrogen and oxygen atoms in total. The lowest BCUT2D eigenvalue weighted by Crippen LogP contribution is -2.46. The summed E-state index contributed by atoms with van der Waals surface area (Å²) >= 11 is 0. The lowest BCUT2D eigenvalue weighted by Gasteiger charge is -2.24. The second-order valence-corrected chi connectivity index (χ2v) is 19.0. The van der Waals surface area contributed by atoms with Crippen molar-refractivity contribution in [3.63, 3.8) is 0 Å². The number of aliphatic hydroxyl groups is 2. The van der Waals surface area contributed by atoms with E-state index in [0.717, 1.165) is 89.9 Å².